The van der Waals surface area contributed by atoms with Crippen molar-refractivity contribution in [3.05, 3.63) is 72.8 Å². The second-order valence-electron chi connectivity index (χ2n) is 20.8. The second kappa shape index (κ2) is 15.3. The smallest absolute Gasteiger partial charge is 0.307 e. The summed E-state index contributed by atoms with van der Waals surface area (Å²) < 4.78 is 48.1. The van der Waals surface area contributed by atoms with E-state index in [1.165, 1.54) is 20.7 Å². The van der Waals surface area contributed by atoms with Crippen molar-refractivity contribution in [1.29, 1.82) is 0 Å². The molecule has 2 fully saturated rings. The predicted octanol–water partition coefficient (Wildman–Crippen LogP) is 11.1. The Kier molecular flexibility index (Phi) is 11.2. The van der Waals surface area contributed by atoms with Gasteiger partial charge < -0.3 is 31.0 Å². The summed E-state index contributed by atoms with van der Waals surface area (Å²) in [5.41, 5.74) is 3.65. The van der Waals surface area contributed by atoms with E-state index in [1.807, 2.05) is 13.8 Å². The van der Waals surface area contributed by atoms with Crippen LogP contribution in [0.4, 0.5) is 0 Å². The van der Waals surface area contributed by atoms with E-state index in [0.717, 1.165) is 43.9 Å². The van der Waals surface area contributed by atoms with E-state index in [0.29, 0.717) is 6.54 Å². The summed E-state index contributed by atoms with van der Waals surface area (Å²) in [6.45, 7) is 32.7. The summed E-state index contributed by atoms with van der Waals surface area (Å²) in [6.07, 6.45) is -1.38. The molecule has 4 atom stereocenters. The molecule has 2 aliphatic rings. The number of hydrogen-bond acceptors (Lipinski definition) is 9. The zero-order valence-corrected chi connectivity index (χ0v) is 43.0. The van der Waals surface area contributed by atoms with Crippen LogP contribution in [0.5, 0.6) is 0 Å². The number of fused-ring (bicyclic) bond motifs is 7. The summed E-state index contributed by atoms with van der Waals surface area (Å²) in [6, 6.07) is 26.0. The van der Waals surface area contributed by atoms with Gasteiger partial charge in [-0.2, -0.15) is 0 Å². The van der Waals surface area contributed by atoms with Crippen LogP contribution in [0.2, 0.25) is 78.6 Å². The third kappa shape index (κ3) is 8.47. The average Bonchev–Trinajstić information content (AvgIpc) is 3.44. The van der Waals surface area contributed by atoms with Crippen molar-refractivity contribution >= 4 is 113 Å². The molecule has 0 unspecified atom stereocenters. The quantitative estimate of drug-likeness (QED) is 0.137. The van der Waals surface area contributed by atoms with E-state index >= 15 is 0 Å². The molecule has 4 heterocycles. The molecular formula is C44H62N2O7P2Si4. The summed E-state index contributed by atoms with van der Waals surface area (Å²) in [5, 5.41) is 17.0. The summed E-state index contributed by atoms with van der Waals surface area (Å²) in [7, 11) is -10.7. The summed E-state index contributed by atoms with van der Waals surface area (Å²) in [4.78, 5) is 0. The van der Waals surface area contributed by atoms with Gasteiger partial charge in [0.25, 0.3) is 0 Å². The first-order valence-electron chi connectivity index (χ1n) is 20.9. The van der Waals surface area contributed by atoms with Crippen LogP contribution in [0.25, 0.3) is 43.9 Å². The van der Waals surface area contributed by atoms with Crippen LogP contribution in [0.15, 0.2) is 89.6 Å². The Bertz CT molecular complexity index is 2500. The molecular weight excluding hydrogens is 843 g/mol. The fourth-order valence-corrected chi connectivity index (χ4v) is 17.3. The molecule has 2 N–H and O–H groups in total. The van der Waals surface area contributed by atoms with Gasteiger partial charge in [-0.1, -0.05) is 151 Å². The Morgan fingerprint density at radius 1 is 0.508 bits per heavy atom. The Morgan fingerprint density at radius 3 is 1.22 bits per heavy atom. The van der Waals surface area contributed by atoms with Crippen molar-refractivity contribution in [2.24, 2.45) is 0 Å². The molecule has 15 heteroatoms. The first-order chi connectivity index (χ1) is 27.5. The highest BCUT2D eigenvalue weighted by atomic mass is 31.1. The number of ether oxygens (including phenoxy) is 3. The van der Waals surface area contributed by atoms with Gasteiger partial charge in [0, 0.05) is 28.1 Å². The minimum absolute atomic E-state index is 0.347. The van der Waals surface area contributed by atoms with Crippen LogP contribution in [0.3, 0.4) is 0 Å². The molecule has 0 aliphatic carbocycles. The maximum absolute atomic E-state index is 7.13. The number of para-hydroxylation sites is 4. The van der Waals surface area contributed by atoms with Crippen LogP contribution in [0.1, 0.15) is 13.8 Å². The van der Waals surface area contributed by atoms with E-state index < -0.39 is 72.9 Å². The topological polar surface area (TPSA) is 104 Å². The molecule has 0 spiro atoms. The maximum Gasteiger partial charge on any atom is 0.307 e. The molecule has 2 aromatic heterocycles. The van der Waals surface area contributed by atoms with E-state index in [1.54, 1.807) is 0 Å². The van der Waals surface area contributed by atoms with Crippen LogP contribution < -0.4 is 30.9 Å². The lowest BCUT2D eigenvalue weighted by atomic mass is 10.1. The van der Waals surface area contributed by atoms with Crippen LogP contribution in [-0.4, -0.2) is 69.2 Å². The highest BCUT2D eigenvalue weighted by molar-refractivity contribution is 7.39. The van der Waals surface area contributed by atoms with E-state index in [9.17, 15) is 0 Å². The third-order valence-corrected chi connectivity index (χ3v) is 21.8. The van der Waals surface area contributed by atoms with Crippen molar-refractivity contribution in [1.82, 2.24) is 0 Å². The largest absolute Gasteiger partial charge is 0.408 e. The fourth-order valence-electron chi connectivity index (χ4n) is 8.43. The van der Waals surface area contributed by atoms with Crippen molar-refractivity contribution < 1.29 is 31.0 Å². The van der Waals surface area contributed by atoms with Gasteiger partial charge in [0.15, 0.2) is 12.1 Å². The molecule has 9 nitrogen and oxygen atoms in total. The zero-order chi connectivity index (χ0) is 42.4. The predicted molar refractivity (Wildman–Crippen MR) is 261 cm³/mol. The maximum atomic E-state index is 7.13. The molecule has 4 aromatic carbocycles. The minimum Gasteiger partial charge on any atom is -0.408 e. The first-order valence-corrected chi connectivity index (χ1v) is 37.2. The van der Waals surface area contributed by atoms with Crippen molar-refractivity contribution in [2.75, 3.05) is 16.7 Å². The Labute approximate surface area is 354 Å². The lowest BCUT2D eigenvalue weighted by molar-refractivity contribution is -0.204. The van der Waals surface area contributed by atoms with Crippen LogP contribution in [0, 0.1) is 0 Å². The Hall–Kier alpha value is -2.65. The van der Waals surface area contributed by atoms with Gasteiger partial charge in [-0.3, -0.25) is 0 Å². The van der Waals surface area contributed by atoms with Gasteiger partial charge in [0.1, 0.15) is 28.4 Å². The van der Waals surface area contributed by atoms with Crippen LogP contribution >= 0.6 is 16.3 Å². The Morgan fingerprint density at radius 2 is 0.864 bits per heavy atom. The molecule has 0 radical (unpaired) electrons. The molecule has 59 heavy (non-hydrogen) atoms. The van der Waals surface area contributed by atoms with Gasteiger partial charge in [0.05, 0.1) is 44.4 Å². The molecule has 8 rings (SSSR count). The molecule has 0 bridgehead atoms. The zero-order valence-electron chi connectivity index (χ0n) is 37.2. The summed E-state index contributed by atoms with van der Waals surface area (Å²) >= 11 is 0. The summed E-state index contributed by atoms with van der Waals surface area (Å²) in [5.74, 6) is -0.813. The second-order valence-corrected chi connectivity index (χ2v) is 43.3. The van der Waals surface area contributed by atoms with E-state index in [2.05, 4.69) is 162 Å². The number of nitrogens with one attached hydrogen (secondary N) is 2. The molecule has 2 saturated heterocycles. The van der Waals surface area contributed by atoms with E-state index in [4.69, 9.17) is 31.0 Å². The van der Waals surface area contributed by atoms with Crippen molar-refractivity contribution in [3.63, 3.8) is 0 Å². The Balaban J connectivity index is 1.27. The van der Waals surface area contributed by atoms with Crippen molar-refractivity contribution in [2.45, 2.75) is 123 Å². The molecule has 6 aromatic rings. The van der Waals surface area contributed by atoms with Gasteiger partial charge in [-0.25, -0.2) is 10.2 Å². The van der Waals surface area contributed by atoms with Gasteiger partial charge >= 0.3 is 16.3 Å². The molecule has 0 amide bonds. The lowest BCUT2D eigenvalue weighted by Gasteiger charge is -2.25. The third-order valence-electron chi connectivity index (χ3n) is 11.4. The normalized spacial score (nSPS) is 21.2. The molecule has 2 aliphatic heterocycles. The average molecular weight is 905 g/mol. The monoisotopic (exact) mass is 904 g/mol. The first kappa shape index (κ1) is 43.0. The SMILES string of the molecule is CC1(C)O[C@H]2O[C@H](CNp3oc4c([Si](C)(C)C)cccc4c4cccc([Si](C)(C)C)c4o3)[C@@H](Np3oc4c([Si](C)(C)C)cccc4c4cccc([Si](C)(C)C)c4o3)[C@H]2O1. The highest BCUT2D eigenvalue weighted by Gasteiger charge is 2.55. The number of rotatable bonds is 9. The van der Waals surface area contributed by atoms with Gasteiger partial charge in [-0.15, -0.1) is 0 Å². The molecule has 316 valence electrons. The standard InChI is InChI=1S/C44H62N2O7P2Si4/c1-44(2)48-42-37(46-55-52-40-30(21-17-25-35(40)58(9,10)11)31-22-18-26-36(41(31)53-55)59(12,13)14)32(47-43(42)49-44)27-45-54-50-38-28(19-15-23-33(38)56(3,4)5)29-20-16-24-34(39(29)51-54)57(6,7)8/h15-26,32,37,42-43,45-46H,27H2,1-14H3/t32-,37-,42-,43-/m1/s1. The van der Waals surface area contributed by atoms with Crippen molar-refractivity contribution in [3.8, 4) is 0 Å². The van der Waals surface area contributed by atoms with Gasteiger partial charge in [0.2, 0.25) is 0 Å². The minimum atomic E-state index is -1.84. The van der Waals surface area contributed by atoms with Gasteiger partial charge in [-0.05, 0) is 34.6 Å². The van der Waals surface area contributed by atoms with E-state index in [-0.39, 0.29) is 6.04 Å². The number of benzene rings is 4. The fraction of sp³-hybridized carbons (Fsp3) is 0.455. The lowest BCUT2D eigenvalue weighted by Crippen LogP contribution is -2.42. The molecule has 0 saturated carbocycles. The highest BCUT2D eigenvalue weighted by Crippen LogP contribution is 2.43. The van der Waals surface area contributed by atoms with Crippen LogP contribution in [-0.2, 0) is 14.2 Å². The number of hydrogen-bond donors (Lipinski definition) is 2.